The molecule has 5 nitrogen and oxygen atoms in total. The van der Waals surface area contributed by atoms with Crippen molar-refractivity contribution in [1.82, 2.24) is 4.98 Å². The highest BCUT2D eigenvalue weighted by Gasteiger charge is 2.28. The Hall–Kier alpha value is -2.12. The number of anilines is 1. The molecule has 26 heavy (non-hydrogen) atoms. The summed E-state index contributed by atoms with van der Waals surface area (Å²) in [4.78, 5) is 4.51. The van der Waals surface area contributed by atoms with Gasteiger partial charge in [-0.25, -0.2) is 8.42 Å². The van der Waals surface area contributed by atoms with E-state index in [-0.39, 0.29) is 21.7 Å². The summed E-state index contributed by atoms with van der Waals surface area (Å²) in [5, 5.41) is 2.95. The first-order valence-corrected chi connectivity index (χ1v) is 10.5. The van der Waals surface area contributed by atoms with Crippen LogP contribution in [0, 0.1) is 6.92 Å². The number of nitrogens with zero attached hydrogens (tertiary/aromatic N) is 1. The summed E-state index contributed by atoms with van der Waals surface area (Å²) in [6, 6.07) is 14.0. The largest absolute Gasteiger partial charge is 0.419 e. The number of aromatic nitrogens is 1. The second-order valence-electron chi connectivity index (χ2n) is 5.85. The molecular formula is C19H19BrN2O3S. The van der Waals surface area contributed by atoms with Gasteiger partial charge in [0.25, 0.3) is 0 Å². The number of aryl methyl sites for hydroxylation is 1. The zero-order valence-corrected chi connectivity index (χ0v) is 16.9. The molecule has 1 aromatic heterocycles. The number of oxazole rings is 1. The third kappa shape index (κ3) is 3.68. The Labute approximate surface area is 161 Å². The predicted octanol–water partition coefficient (Wildman–Crippen LogP) is 5.07. The number of halogens is 1. The number of sulfone groups is 1. The summed E-state index contributed by atoms with van der Waals surface area (Å²) in [7, 11) is -3.81. The summed E-state index contributed by atoms with van der Waals surface area (Å²) < 4.78 is 32.8. The minimum atomic E-state index is -3.81. The minimum Gasteiger partial charge on any atom is -0.419 e. The normalized spacial score (nSPS) is 11.5. The van der Waals surface area contributed by atoms with E-state index >= 15 is 0 Å². The van der Waals surface area contributed by atoms with Crippen molar-refractivity contribution in [1.29, 1.82) is 0 Å². The fourth-order valence-corrected chi connectivity index (χ4v) is 4.03. The van der Waals surface area contributed by atoms with Crippen LogP contribution in [0.5, 0.6) is 0 Å². The van der Waals surface area contributed by atoms with E-state index in [1.807, 2.05) is 38.1 Å². The number of rotatable bonds is 6. The van der Waals surface area contributed by atoms with Gasteiger partial charge in [-0.2, -0.15) is 4.98 Å². The third-order valence-electron chi connectivity index (χ3n) is 3.89. The highest BCUT2D eigenvalue weighted by molar-refractivity contribution is 9.10. The van der Waals surface area contributed by atoms with Gasteiger partial charge in [-0.05, 0) is 49.2 Å². The molecule has 0 aliphatic rings. The van der Waals surface area contributed by atoms with Gasteiger partial charge in [0.2, 0.25) is 26.6 Å². The van der Waals surface area contributed by atoms with E-state index in [9.17, 15) is 8.42 Å². The van der Waals surface area contributed by atoms with Crippen LogP contribution in [-0.4, -0.2) is 19.9 Å². The zero-order valence-electron chi connectivity index (χ0n) is 14.5. The van der Waals surface area contributed by atoms with Gasteiger partial charge < -0.3 is 9.73 Å². The number of nitrogens with one attached hydrogen (secondary N) is 1. The van der Waals surface area contributed by atoms with Crippen LogP contribution in [-0.2, 0) is 9.84 Å². The van der Waals surface area contributed by atoms with Crippen LogP contribution in [0.15, 0.2) is 67.3 Å². The van der Waals surface area contributed by atoms with Gasteiger partial charge in [0, 0.05) is 16.6 Å². The molecule has 0 radical (unpaired) electrons. The monoisotopic (exact) mass is 434 g/mol. The van der Waals surface area contributed by atoms with E-state index < -0.39 is 9.84 Å². The van der Waals surface area contributed by atoms with Crippen molar-refractivity contribution >= 4 is 31.7 Å². The molecule has 0 aliphatic heterocycles. The summed E-state index contributed by atoms with van der Waals surface area (Å²) in [6.45, 7) is 4.52. The number of hydrogen-bond donors (Lipinski definition) is 1. The van der Waals surface area contributed by atoms with Gasteiger partial charge in [-0.1, -0.05) is 41.1 Å². The molecule has 0 bridgehead atoms. The van der Waals surface area contributed by atoms with Gasteiger partial charge >= 0.3 is 0 Å². The van der Waals surface area contributed by atoms with Gasteiger partial charge in [0.15, 0.2) is 0 Å². The van der Waals surface area contributed by atoms with Gasteiger partial charge in [0.05, 0.1) is 4.90 Å². The summed E-state index contributed by atoms with van der Waals surface area (Å²) in [5.74, 6) is 0.463. The molecule has 0 spiro atoms. The maximum Gasteiger partial charge on any atom is 0.233 e. The van der Waals surface area contributed by atoms with Crippen LogP contribution in [0.25, 0.3) is 11.5 Å². The van der Waals surface area contributed by atoms with Crippen LogP contribution in [0.4, 0.5) is 5.88 Å². The topological polar surface area (TPSA) is 72.2 Å². The van der Waals surface area contributed by atoms with Gasteiger partial charge in [0.1, 0.15) is 0 Å². The van der Waals surface area contributed by atoms with Crippen molar-refractivity contribution in [2.75, 3.05) is 11.9 Å². The average molecular weight is 435 g/mol. The van der Waals surface area contributed by atoms with Crippen molar-refractivity contribution in [3.63, 3.8) is 0 Å². The van der Waals surface area contributed by atoms with Crippen LogP contribution < -0.4 is 5.32 Å². The maximum atomic E-state index is 13.1. The average Bonchev–Trinajstić information content (AvgIpc) is 3.05. The van der Waals surface area contributed by atoms with Crippen LogP contribution >= 0.6 is 15.9 Å². The molecule has 0 aliphatic carbocycles. The molecule has 1 heterocycles. The first-order valence-electron chi connectivity index (χ1n) is 8.25. The Morgan fingerprint density at radius 2 is 1.81 bits per heavy atom. The predicted molar refractivity (Wildman–Crippen MR) is 105 cm³/mol. The van der Waals surface area contributed by atoms with E-state index in [2.05, 4.69) is 26.2 Å². The molecule has 0 unspecified atom stereocenters. The van der Waals surface area contributed by atoms with Crippen molar-refractivity contribution in [2.45, 2.75) is 30.2 Å². The molecule has 0 fully saturated rings. The molecule has 3 rings (SSSR count). The van der Waals surface area contributed by atoms with Crippen LogP contribution in [0.2, 0.25) is 0 Å². The molecule has 0 saturated carbocycles. The molecule has 3 aromatic rings. The molecular weight excluding hydrogens is 416 g/mol. The lowest BCUT2D eigenvalue weighted by Crippen LogP contribution is -2.07. The maximum absolute atomic E-state index is 13.1. The van der Waals surface area contributed by atoms with Crippen molar-refractivity contribution in [3.8, 4) is 11.5 Å². The Balaban J connectivity index is 2.13. The molecule has 0 amide bonds. The molecule has 7 heteroatoms. The standard InChI is InChI=1S/C19H19BrN2O3S/c1-3-12-21-18-19(26(23,24)15-10-8-14(20)9-11-15)22-17(25-18)16-7-5-4-6-13(16)2/h4-11,21H,3,12H2,1-2H3. The quantitative estimate of drug-likeness (QED) is 0.586. The summed E-state index contributed by atoms with van der Waals surface area (Å²) in [5.41, 5.74) is 1.73. The van der Waals surface area contributed by atoms with Crippen molar-refractivity contribution in [2.24, 2.45) is 0 Å². The Kier molecular flexibility index (Phi) is 5.48. The number of hydrogen-bond acceptors (Lipinski definition) is 5. The lowest BCUT2D eigenvalue weighted by molar-refractivity contribution is 0.576. The molecule has 1 N–H and O–H groups in total. The first-order chi connectivity index (χ1) is 12.4. The molecule has 0 atom stereocenters. The van der Waals surface area contributed by atoms with Crippen LogP contribution in [0.3, 0.4) is 0 Å². The Morgan fingerprint density at radius 1 is 1.12 bits per heavy atom. The van der Waals surface area contributed by atoms with Crippen LogP contribution in [0.1, 0.15) is 18.9 Å². The second-order valence-corrected chi connectivity index (χ2v) is 8.63. The molecule has 2 aromatic carbocycles. The van der Waals surface area contributed by atoms with Gasteiger partial charge in [-0.3, -0.25) is 0 Å². The van der Waals surface area contributed by atoms with Crippen molar-refractivity contribution in [3.05, 3.63) is 58.6 Å². The Morgan fingerprint density at radius 3 is 2.46 bits per heavy atom. The molecule has 136 valence electrons. The first kappa shape index (κ1) is 18.7. The zero-order chi connectivity index (χ0) is 18.7. The summed E-state index contributed by atoms with van der Waals surface area (Å²) >= 11 is 3.32. The lowest BCUT2D eigenvalue weighted by atomic mass is 10.1. The Bertz CT molecular complexity index is 1010. The van der Waals surface area contributed by atoms with Crippen molar-refractivity contribution < 1.29 is 12.8 Å². The van der Waals surface area contributed by atoms with Gasteiger partial charge in [-0.15, -0.1) is 0 Å². The van der Waals surface area contributed by atoms with E-state index in [1.54, 1.807) is 24.3 Å². The number of benzene rings is 2. The fraction of sp³-hybridized carbons (Fsp3) is 0.211. The van der Waals surface area contributed by atoms with E-state index in [4.69, 9.17) is 4.42 Å². The van der Waals surface area contributed by atoms with E-state index in [1.165, 1.54) is 0 Å². The minimum absolute atomic E-state index is 0.0912. The highest BCUT2D eigenvalue weighted by Crippen LogP contribution is 2.33. The van der Waals surface area contributed by atoms with E-state index in [0.29, 0.717) is 6.54 Å². The second kappa shape index (κ2) is 7.63. The van der Waals surface area contributed by atoms with E-state index in [0.717, 1.165) is 22.0 Å². The fourth-order valence-electron chi connectivity index (χ4n) is 2.49. The molecule has 0 saturated heterocycles. The highest BCUT2D eigenvalue weighted by atomic mass is 79.9. The summed E-state index contributed by atoms with van der Waals surface area (Å²) in [6.07, 6.45) is 0.832. The smallest absolute Gasteiger partial charge is 0.233 e. The third-order valence-corrected chi connectivity index (χ3v) is 6.09. The lowest BCUT2D eigenvalue weighted by Gasteiger charge is -2.05. The SMILES string of the molecule is CCCNc1oc(-c2ccccc2C)nc1S(=O)(=O)c1ccc(Br)cc1.